The third-order valence-corrected chi connectivity index (χ3v) is 5.21. The van der Waals surface area contributed by atoms with Crippen molar-refractivity contribution in [3.8, 4) is 0 Å². The van der Waals surface area contributed by atoms with Crippen LogP contribution in [0.5, 0.6) is 0 Å². The number of benzene rings is 1. The van der Waals surface area contributed by atoms with Crippen LogP contribution in [0.3, 0.4) is 0 Å². The molecule has 2 heterocycles. The summed E-state index contributed by atoms with van der Waals surface area (Å²) >= 11 is 0. The maximum atomic E-state index is 12.8. The molecule has 0 bridgehead atoms. The Morgan fingerprint density at radius 3 is 2.64 bits per heavy atom. The lowest BCUT2D eigenvalue weighted by atomic mass is 9.90. The largest absolute Gasteiger partial charge is 0.354 e. The van der Waals surface area contributed by atoms with Crippen molar-refractivity contribution in [3.63, 3.8) is 0 Å². The van der Waals surface area contributed by atoms with Gasteiger partial charge in [-0.2, -0.15) is 0 Å². The van der Waals surface area contributed by atoms with Gasteiger partial charge in [0.25, 0.3) is 5.91 Å². The maximum absolute atomic E-state index is 12.8. The molecule has 0 atom stereocenters. The van der Waals surface area contributed by atoms with Crippen LogP contribution < -0.4 is 5.32 Å². The van der Waals surface area contributed by atoms with E-state index in [-0.39, 0.29) is 5.91 Å². The van der Waals surface area contributed by atoms with E-state index in [1.54, 1.807) is 12.3 Å². The normalized spacial score (nSPS) is 15.0. The molecule has 2 aromatic rings. The first-order chi connectivity index (χ1) is 13.6. The minimum Gasteiger partial charge on any atom is -0.354 e. The number of nitrogens with one attached hydrogen (secondary N) is 1. The molecule has 6 nitrogen and oxygen atoms in total. The standard InChI is InChI=1S/C22H31N5O/c1-26(2)14-6-12-23-22-24-13-9-20(25-22)21(28)27-15-10-19(11-16-27)17-18-7-4-3-5-8-18/h3-5,7-9,13,19H,6,10-12,14-17H2,1-2H3,(H,23,24,25). The number of carbonyl (C=O) groups is 1. The Hall–Kier alpha value is -2.47. The van der Waals surface area contributed by atoms with Gasteiger partial charge in [0.2, 0.25) is 5.95 Å². The summed E-state index contributed by atoms with van der Waals surface area (Å²) < 4.78 is 0. The van der Waals surface area contributed by atoms with Crippen LogP contribution in [0.1, 0.15) is 35.3 Å². The molecule has 0 aliphatic carbocycles. The molecule has 1 aromatic carbocycles. The number of anilines is 1. The molecule has 1 saturated heterocycles. The summed E-state index contributed by atoms with van der Waals surface area (Å²) in [6.07, 6.45) is 5.85. The number of amides is 1. The van der Waals surface area contributed by atoms with Gasteiger partial charge in [0, 0.05) is 25.8 Å². The summed E-state index contributed by atoms with van der Waals surface area (Å²) in [5, 5.41) is 3.21. The van der Waals surface area contributed by atoms with E-state index < -0.39 is 0 Å². The predicted octanol–water partition coefficient (Wildman–Crippen LogP) is 2.94. The predicted molar refractivity (Wildman–Crippen MR) is 112 cm³/mol. The Bertz CT molecular complexity index is 742. The van der Waals surface area contributed by atoms with Gasteiger partial charge in [-0.3, -0.25) is 4.79 Å². The monoisotopic (exact) mass is 381 g/mol. The Morgan fingerprint density at radius 1 is 1.18 bits per heavy atom. The van der Waals surface area contributed by atoms with E-state index in [9.17, 15) is 4.79 Å². The van der Waals surface area contributed by atoms with Crippen LogP contribution in [-0.4, -0.2) is 65.9 Å². The highest BCUT2D eigenvalue weighted by Gasteiger charge is 2.24. The van der Waals surface area contributed by atoms with Crippen molar-refractivity contribution in [1.82, 2.24) is 19.8 Å². The second-order valence-corrected chi connectivity index (χ2v) is 7.77. The van der Waals surface area contributed by atoms with E-state index in [1.807, 2.05) is 4.90 Å². The lowest BCUT2D eigenvalue weighted by Gasteiger charge is -2.32. The van der Waals surface area contributed by atoms with Gasteiger partial charge in [-0.1, -0.05) is 30.3 Å². The number of nitrogens with zero attached hydrogens (tertiary/aromatic N) is 4. The molecule has 150 valence electrons. The molecule has 28 heavy (non-hydrogen) atoms. The van der Waals surface area contributed by atoms with Crippen LogP contribution in [0.2, 0.25) is 0 Å². The second-order valence-electron chi connectivity index (χ2n) is 7.77. The Balaban J connectivity index is 1.48. The van der Waals surface area contributed by atoms with Crippen molar-refractivity contribution < 1.29 is 4.79 Å². The quantitative estimate of drug-likeness (QED) is 0.713. The fraction of sp³-hybridized carbons (Fsp3) is 0.500. The Morgan fingerprint density at radius 2 is 1.93 bits per heavy atom. The van der Waals surface area contributed by atoms with Gasteiger partial charge >= 0.3 is 0 Å². The molecule has 0 saturated carbocycles. The molecule has 1 fully saturated rings. The summed E-state index contributed by atoms with van der Waals surface area (Å²) in [5.41, 5.74) is 1.86. The molecule has 3 rings (SSSR count). The van der Waals surface area contributed by atoms with Crippen LogP contribution in [0.4, 0.5) is 5.95 Å². The van der Waals surface area contributed by atoms with Gasteiger partial charge in [-0.25, -0.2) is 9.97 Å². The van der Waals surface area contributed by atoms with Crippen LogP contribution in [-0.2, 0) is 6.42 Å². The fourth-order valence-electron chi connectivity index (χ4n) is 3.61. The first-order valence-electron chi connectivity index (χ1n) is 10.2. The second kappa shape index (κ2) is 10.2. The molecule has 1 aromatic heterocycles. The van der Waals surface area contributed by atoms with Crippen LogP contribution in [0, 0.1) is 5.92 Å². The fourth-order valence-corrected chi connectivity index (χ4v) is 3.61. The van der Waals surface area contributed by atoms with Crippen molar-refractivity contribution in [3.05, 3.63) is 53.9 Å². The lowest BCUT2D eigenvalue weighted by Crippen LogP contribution is -2.39. The van der Waals surface area contributed by atoms with E-state index in [2.05, 4.69) is 64.6 Å². The van der Waals surface area contributed by atoms with Crippen molar-refractivity contribution in [1.29, 1.82) is 0 Å². The van der Waals surface area contributed by atoms with Gasteiger partial charge in [-0.05, 0) is 63.9 Å². The first-order valence-corrected chi connectivity index (χ1v) is 10.2. The average Bonchev–Trinajstić information content (AvgIpc) is 2.72. The van der Waals surface area contributed by atoms with Crippen molar-refractivity contribution >= 4 is 11.9 Å². The molecule has 0 radical (unpaired) electrons. The van der Waals surface area contributed by atoms with Crippen molar-refractivity contribution in [2.45, 2.75) is 25.7 Å². The van der Waals surface area contributed by atoms with Crippen molar-refractivity contribution in [2.75, 3.05) is 45.6 Å². The van der Waals surface area contributed by atoms with Gasteiger partial charge in [0.05, 0.1) is 0 Å². The van der Waals surface area contributed by atoms with Crippen LogP contribution >= 0.6 is 0 Å². The zero-order valence-corrected chi connectivity index (χ0v) is 17.0. The highest BCUT2D eigenvalue weighted by Crippen LogP contribution is 2.22. The number of rotatable bonds is 8. The summed E-state index contributed by atoms with van der Waals surface area (Å²) in [6.45, 7) is 3.39. The molecule has 1 aliphatic heterocycles. The minimum absolute atomic E-state index is 0.0110. The third kappa shape index (κ3) is 6.02. The smallest absolute Gasteiger partial charge is 0.272 e. The van der Waals surface area contributed by atoms with E-state index in [4.69, 9.17) is 0 Å². The number of hydrogen-bond acceptors (Lipinski definition) is 5. The van der Waals surface area contributed by atoms with E-state index >= 15 is 0 Å². The Kier molecular flexibility index (Phi) is 7.37. The number of aromatic nitrogens is 2. The van der Waals surface area contributed by atoms with E-state index in [1.165, 1.54) is 5.56 Å². The highest BCUT2D eigenvalue weighted by atomic mass is 16.2. The number of hydrogen-bond donors (Lipinski definition) is 1. The molecular weight excluding hydrogens is 350 g/mol. The maximum Gasteiger partial charge on any atom is 0.272 e. The van der Waals surface area contributed by atoms with Gasteiger partial charge in [0.15, 0.2) is 0 Å². The molecule has 6 heteroatoms. The topological polar surface area (TPSA) is 61.4 Å². The molecule has 1 amide bonds. The minimum atomic E-state index is 0.0110. The molecule has 1 N–H and O–H groups in total. The summed E-state index contributed by atoms with van der Waals surface area (Å²) in [5.74, 6) is 1.19. The van der Waals surface area contributed by atoms with Crippen LogP contribution in [0.15, 0.2) is 42.6 Å². The zero-order valence-electron chi connectivity index (χ0n) is 17.0. The first kappa shape index (κ1) is 20.3. The van der Waals surface area contributed by atoms with Gasteiger partial charge in [0.1, 0.15) is 5.69 Å². The third-order valence-electron chi connectivity index (χ3n) is 5.21. The van der Waals surface area contributed by atoms with Crippen LogP contribution in [0.25, 0.3) is 0 Å². The molecule has 1 aliphatic rings. The number of carbonyl (C=O) groups excluding carboxylic acids is 1. The number of likely N-dealkylation sites (tertiary alicyclic amines) is 1. The summed E-state index contributed by atoms with van der Waals surface area (Å²) in [7, 11) is 4.11. The Labute approximate surface area is 168 Å². The molecule has 0 spiro atoms. The number of piperidine rings is 1. The highest BCUT2D eigenvalue weighted by molar-refractivity contribution is 5.92. The van der Waals surface area contributed by atoms with E-state index in [0.717, 1.165) is 51.9 Å². The van der Waals surface area contributed by atoms with Gasteiger partial charge in [-0.15, -0.1) is 0 Å². The summed E-state index contributed by atoms with van der Waals surface area (Å²) in [6, 6.07) is 12.3. The molecule has 0 unspecified atom stereocenters. The SMILES string of the molecule is CN(C)CCCNc1nccc(C(=O)N2CCC(Cc3ccccc3)CC2)n1. The van der Waals surface area contributed by atoms with E-state index in [0.29, 0.717) is 17.6 Å². The van der Waals surface area contributed by atoms with Crippen molar-refractivity contribution in [2.24, 2.45) is 5.92 Å². The summed E-state index contributed by atoms with van der Waals surface area (Å²) in [4.78, 5) is 25.6. The average molecular weight is 382 g/mol. The zero-order chi connectivity index (χ0) is 19.8. The van der Waals surface area contributed by atoms with Gasteiger partial charge < -0.3 is 15.1 Å². The lowest BCUT2D eigenvalue weighted by molar-refractivity contribution is 0.0684. The molecular formula is C22H31N5O.